The van der Waals surface area contributed by atoms with Gasteiger partial charge in [-0.15, -0.1) is 0 Å². The first-order valence-electron chi connectivity index (χ1n) is 7.86. The van der Waals surface area contributed by atoms with Gasteiger partial charge in [0, 0.05) is 29.2 Å². The number of rotatable bonds is 4. The first-order valence-corrected chi connectivity index (χ1v) is 7.86. The SMILES string of the molecule is CCc1cc(=O)[nH]c(-c2cccc(NC(=O)c3cnc(C)cn3)c2)n1. The maximum atomic E-state index is 12.2. The van der Waals surface area contributed by atoms with E-state index in [9.17, 15) is 9.59 Å². The standard InChI is InChI=1S/C18H17N5O2/c1-3-13-8-16(24)23-17(21-13)12-5-4-6-14(7-12)22-18(25)15-10-19-11(2)9-20-15/h4-10H,3H2,1-2H3,(H,22,25)(H,21,23,24). The number of anilines is 1. The Hall–Kier alpha value is -3.35. The van der Waals surface area contributed by atoms with Gasteiger partial charge in [-0.2, -0.15) is 0 Å². The topological polar surface area (TPSA) is 101 Å². The Bertz CT molecular complexity index is 964. The number of amides is 1. The molecule has 3 aromatic rings. The highest BCUT2D eigenvalue weighted by atomic mass is 16.2. The lowest BCUT2D eigenvalue weighted by Gasteiger charge is -2.07. The second-order valence-electron chi connectivity index (χ2n) is 5.52. The molecule has 0 aliphatic carbocycles. The Morgan fingerprint density at radius 2 is 2.04 bits per heavy atom. The molecule has 0 saturated carbocycles. The predicted octanol–water partition coefficient (Wildman–Crippen LogP) is 2.35. The Kier molecular flexibility index (Phi) is 4.65. The van der Waals surface area contributed by atoms with Crippen LogP contribution >= 0.6 is 0 Å². The summed E-state index contributed by atoms with van der Waals surface area (Å²) in [5, 5.41) is 2.77. The molecule has 0 saturated heterocycles. The summed E-state index contributed by atoms with van der Waals surface area (Å²) in [4.78, 5) is 39.2. The summed E-state index contributed by atoms with van der Waals surface area (Å²) in [6.45, 7) is 3.74. The van der Waals surface area contributed by atoms with Crippen LogP contribution in [0.15, 0.2) is 47.5 Å². The fourth-order valence-electron chi connectivity index (χ4n) is 2.27. The number of H-pyrrole nitrogens is 1. The van der Waals surface area contributed by atoms with Crippen molar-refractivity contribution in [1.29, 1.82) is 0 Å². The highest BCUT2D eigenvalue weighted by Gasteiger charge is 2.09. The third kappa shape index (κ3) is 3.95. The number of nitrogens with zero attached hydrogens (tertiary/aromatic N) is 3. The third-order valence-corrected chi connectivity index (χ3v) is 3.56. The van der Waals surface area contributed by atoms with Crippen molar-refractivity contribution in [3.05, 3.63) is 70.2 Å². The fourth-order valence-corrected chi connectivity index (χ4v) is 2.27. The molecule has 0 radical (unpaired) electrons. The van der Waals surface area contributed by atoms with Crippen LogP contribution in [0.25, 0.3) is 11.4 Å². The second kappa shape index (κ2) is 7.04. The van der Waals surface area contributed by atoms with Crippen molar-refractivity contribution >= 4 is 11.6 Å². The average Bonchev–Trinajstić information content (AvgIpc) is 2.62. The molecule has 0 bridgehead atoms. The van der Waals surface area contributed by atoms with Crippen LogP contribution in [0.2, 0.25) is 0 Å². The van der Waals surface area contributed by atoms with Gasteiger partial charge in [0.25, 0.3) is 11.5 Å². The first kappa shape index (κ1) is 16.5. The van der Waals surface area contributed by atoms with Crippen molar-refractivity contribution < 1.29 is 4.79 Å². The van der Waals surface area contributed by atoms with Crippen LogP contribution in [-0.2, 0) is 6.42 Å². The minimum absolute atomic E-state index is 0.203. The number of carbonyl (C=O) groups excluding carboxylic acids is 1. The van der Waals surface area contributed by atoms with E-state index in [2.05, 4.69) is 25.3 Å². The van der Waals surface area contributed by atoms with Gasteiger partial charge in [-0.05, 0) is 25.5 Å². The summed E-state index contributed by atoms with van der Waals surface area (Å²) < 4.78 is 0. The molecule has 25 heavy (non-hydrogen) atoms. The van der Waals surface area contributed by atoms with Gasteiger partial charge in [0.2, 0.25) is 0 Å². The maximum absolute atomic E-state index is 12.2. The van der Waals surface area contributed by atoms with Crippen molar-refractivity contribution in [3.8, 4) is 11.4 Å². The van der Waals surface area contributed by atoms with Crippen LogP contribution in [0.4, 0.5) is 5.69 Å². The normalized spacial score (nSPS) is 10.5. The Morgan fingerprint density at radius 3 is 2.76 bits per heavy atom. The van der Waals surface area contributed by atoms with Gasteiger partial charge in [-0.1, -0.05) is 19.1 Å². The minimum atomic E-state index is -0.353. The lowest BCUT2D eigenvalue weighted by molar-refractivity contribution is 0.102. The molecule has 0 spiro atoms. The number of benzene rings is 1. The molecule has 0 fully saturated rings. The van der Waals surface area contributed by atoms with Gasteiger partial charge in [0.15, 0.2) is 0 Å². The lowest BCUT2D eigenvalue weighted by atomic mass is 10.1. The smallest absolute Gasteiger partial charge is 0.275 e. The first-order chi connectivity index (χ1) is 12.0. The number of hydrogen-bond donors (Lipinski definition) is 2. The van der Waals surface area contributed by atoms with Crippen LogP contribution < -0.4 is 10.9 Å². The van der Waals surface area contributed by atoms with E-state index in [1.807, 2.05) is 13.0 Å². The maximum Gasteiger partial charge on any atom is 0.275 e. The van der Waals surface area contributed by atoms with Gasteiger partial charge < -0.3 is 10.3 Å². The van der Waals surface area contributed by atoms with E-state index in [-0.39, 0.29) is 17.2 Å². The van der Waals surface area contributed by atoms with Crippen molar-refractivity contribution in [2.75, 3.05) is 5.32 Å². The molecule has 126 valence electrons. The molecule has 2 N–H and O–H groups in total. The molecule has 0 aliphatic heterocycles. The van der Waals surface area contributed by atoms with Crippen LogP contribution in [0.5, 0.6) is 0 Å². The number of aromatic amines is 1. The minimum Gasteiger partial charge on any atom is -0.321 e. The molecule has 0 unspecified atom stereocenters. The van der Waals surface area contributed by atoms with Gasteiger partial charge >= 0.3 is 0 Å². The van der Waals surface area contributed by atoms with Crippen molar-refractivity contribution in [1.82, 2.24) is 19.9 Å². The highest BCUT2D eigenvalue weighted by Crippen LogP contribution is 2.19. The van der Waals surface area contributed by atoms with E-state index in [1.165, 1.54) is 18.5 Å². The van der Waals surface area contributed by atoms with Gasteiger partial charge in [-0.25, -0.2) is 9.97 Å². The molecule has 0 atom stereocenters. The van der Waals surface area contributed by atoms with Gasteiger partial charge in [0.1, 0.15) is 11.5 Å². The molecule has 7 heteroatoms. The second-order valence-corrected chi connectivity index (χ2v) is 5.52. The molecule has 2 aromatic heterocycles. The quantitative estimate of drug-likeness (QED) is 0.762. The summed E-state index contributed by atoms with van der Waals surface area (Å²) in [6.07, 6.45) is 3.63. The number of nitrogens with one attached hydrogen (secondary N) is 2. The zero-order chi connectivity index (χ0) is 17.8. The number of aryl methyl sites for hydroxylation is 2. The molecular weight excluding hydrogens is 318 g/mol. The average molecular weight is 335 g/mol. The summed E-state index contributed by atoms with van der Waals surface area (Å²) in [6, 6.07) is 8.58. The van der Waals surface area contributed by atoms with Crippen LogP contribution in [-0.4, -0.2) is 25.8 Å². The molecule has 2 heterocycles. The largest absolute Gasteiger partial charge is 0.321 e. The zero-order valence-electron chi connectivity index (χ0n) is 13.9. The molecular formula is C18H17N5O2. The van der Waals surface area contributed by atoms with Gasteiger partial charge in [0.05, 0.1) is 11.9 Å². The number of aromatic nitrogens is 4. The van der Waals surface area contributed by atoms with E-state index in [4.69, 9.17) is 0 Å². The van der Waals surface area contributed by atoms with Crippen LogP contribution in [0.3, 0.4) is 0 Å². The summed E-state index contributed by atoms with van der Waals surface area (Å²) >= 11 is 0. The van der Waals surface area contributed by atoms with E-state index >= 15 is 0 Å². The monoisotopic (exact) mass is 335 g/mol. The van der Waals surface area contributed by atoms with Crippen molar-refractivity contribution in [2.24, 2.45) is 0 Å². The summed E-state index contributed by atoms with van der Waals surface area (Å²) in [5.41, 5.74) is 2.77. The van der Waals surface area contributed by atoms with E-state index in [1.54, 1.807) is 25.1 Å². The summed E-state index contributed by atoms with van der Waals surface area (Å²) in [5.74, 6) is 0.115. The molecule has 7 nitrogen and oxygen atoms in total. The summed E-state index contributed by atoms with van der Waals surface area (Å²) in [7, 11) is 0. The van der Waals surface area contributed by atoms with E-state index in [0.717, 1.165) is 5.69 Å². The third-order valence-electron chi connectivity index (χ3n) is 3.56. The molecule has 3 rings (SSSR count). The van der Waals surface area contributed by atoms with Crippen molar-refractivity contribution in [2.45, 2.75) is 20.3 Å². The molecule has 1 amide bonds. The lowest BCUT2D eigenvalue weighted by Crippen LogP contribution is -2.14. The van der Waals surface area contributed by atoms with Gasteiger partial charge in [-0.3, -0.25) is 14.6 Å². The van der Waals surface area contributed by atoms with Crippen LogP contribution in [0.1, 0.15) is 28.8 Å². The van der Waals surface area contributed by atoms with Crippen molar-refractivity contribution in [3.63, 3.8) is 0 Å². The Labute approximate surface area is 144 Å². The Morgan fingerprint density at radius 1 is 1.20 bits per heavy atom. The van der Waals surface area contributed by atoms with Crippen LogP contribution in [0, 0.1) is 6.92 Å². The number of carbonyl (C=O) groups is 1. The predicted molar refractivity (Wildman–Crippen MR) is 94.4 cm³/mol. The van der Waals surface area contributed by atoms with E-state index in [0.29, 0.717) is 29.2 Å². The van der Waals surface area contributed by atoms with E-state index < -0.39 is 0 Å². The fraction of sp³-hybridized carbons (Fsp3) is 0.167. The molecule has 0 aliphatic rings. The Balaban J connectivity index is 1.87. The number of hydrogen-bond acceptors (Lipinski definition) is 5. The molecule has 1 aromatic carbocycles. The zero-order valence-corrected chi connectivity index (χ0v) is 13.9. The highest BCUT2D eigenvalue weighted by molar-refractivity contribution is 6.02.